The van der Waals surface area contributed by atoms with E-state index in [-0.39, 0.29) is 30.2 Å². The van der Waals surface area contributed by atoms with E-state index >= 15 is 0 Å². The molecule has 2 aromatic heterocycles. The fourth-order valence-corrected chi connectivity index (χ4v) is 3.98. The van der Waals surface area contributed by atoms with Crippen molar-refractivity contribution in [3.8, 4) is 0 Å². The van der Waals surface area contributed by atoms with Gasteiger partial charge in [-0.15, -0.1) is 0 Å². The Hall–Kier alpha value is -2.27. The molecule has 3 heterocycles. The Bertz CT molecular complexity index is 913. The second-order valence-corrected chi connectivity index (χ2v) is 8.89. The van der Waals surface area contributed by atoms with E-state index in [9.17, 15) is 13.2 Å². The van der Waals surface area contributed by atoms with Crippen LogP contribution >= 0.6 is 0 Å². The minimum atomic E-state index is -3.44. The van der Waals surface area contributed by atoms with E-state index in [0.717, 1.165) is 6.26 Å². The molecule has 1 aliphatic heterocycles. The maximum absolute atomic E-state index is 12.4. The molecule has 0 aliphatic carbocycles. The number of hydrogen-bond donors (Lipinski definition) is 0. The lowest BCUT2D eigenvalue weighted by Gasteiger charge is -2.43. The lowest BCUT2D eigenvalue weighted by atomic mass is 10.1. The van der Waals surface area contributed by atoms with Gasteiger partial charge >= 0.3 is 0 Å². The fourth-order valence-electron chi connectivity index (χ4n) is 2.89. The Morgan fingerprint density at radius 3 is 2.63 bits per heavy atom. The third kappa shape index (κ3) is 4.19. The van der Waals surface area contributed by atoms with E-state index in [1.54, 1.807) is 11.8 Å². The molecule has 148 valence electrons. The number of carbonyl (C=O) groups is 1. The van der Waals surface area contributed by atoms with Crippen LogP contribution in [0.1, 0.15) is 47.7 Å². The first-order chi connectivity index (χ1) is 12.7. The molecule has 10 nitrogen and oxygen atoms in total. The second kappa shape index (κ2) is 7.39. The van der Waals surface area contributed by atoms with Crippen molar-refractivity contribution in [3.05, 3.63) is 29.6 Å². The Morgan fingerprint density at radius 2 is 2.11 bits per heavy atom. The van der Waals surface area contributed by atoms with Gasteiger partial charge in [-0.25, -0.2) is 13.4 Å². The standard InChI is InChI=1S/C16H23N5O5S/c1-10(2)15-18-13(19-26-15)5-6-21(27(4,23)24)12-7-20(8-12)16(22)14-11(3)17-9-25-14/h9-10,12H,5-8H2,1-4H3. The van der Waals surface area contributed by atoms with Gasteiger partial charge in [-0.1, -0.05) is 19.0 Å². The molecule has 0 bridgehead atoms. The number of likely N-dealkylation sites (tertiary alicyclic amines) is 1. The maximum atomic E-state index is 12.4. The van der Waals surface area contributed by atoms with Gasteiger partial charge < -0.3 is 13.8 Å². The van der Waals surface area contributed by atoms with Gasteiger partial charge in [0, 0.05) is 32.0 Å². The van der Waals surface area contributed by atoms with Crippen LogP contribution in [0.4, 0.5) is 0 Å². The Balaban J connectivity index is 1.61. The summed E-state index contributed by atoms with van der Waals surface area (Å²) < 4.78 is 36.0. The van der Waals surface area contributed by atoms with Crippen molar-refractivity contribution in [1.82, 2.24) is 24.3 Å². The molecular weight excluding hydrogens is 374 g/mol. The van der Waals surface area contributed by atoms with Crippen molar-refractivity contribution < 1.29 is 22.2 Å². The summed E-state index contributed by atoms with van der Waals surface area (Å²) in [7, 11) is -3.44. The van der Waals surface area contributed by atoms with Crippen molar-refractivity contribution >= 4 is 15.9 Å². The van der Waals surface area contributed by atoms with E-state index in [1.165, 1.54) is 10.7 Å². The molecule has 3 rings (SSSR count). The number of nitrogens with zero attached hydrogens (tertiary/aromatic N) is 5. The molecule has 0 radical (unpaired) electrons. The number of sulfonamides is 1. The van der Waals surface area contributed by atoms with E-state index in [0.29, 0.717) is 36.9 Å². The Morgan fingerprint density at radius 1 is 1.41 bits per heavy atom. The summed E-state index contributed by atoms with van der Waals surface area (Å²) in [5.41, 5.74) is 0.515. The number of aryl methyl sites for hydroxylation is 1. The van der Waals surface area contributed by atoms with Gasteiger partial charge in [-0.2, -0.15) is 9.29 Å². The molecule has 1 fully saturated rings. The van der Waals surface area contributed by atoms with E-state index in [1.807, 2.05) is 13.8 Å². The van der Waals surface area contributed by atoms with Crippen LogP contribution in [0.5, 0.6) is 0 Å². The highest BCUT2D eigenvalue weighted by Gasteiger charge is 2.40. The average Bonchev–Trinajstić information content (AvgIpc) is 3.16. The number of carbonyl (C=O) groups excluding carboxylic acids is 1. The summed E-state index contributed by atoms with van der Waals surface area (Å²) in [6.07, 6.45) is 2.72. The zero-order valence-electron chi connectivity index (χ0n) is 15.7. The Labute approximate surface area is 157 Å². The topological polar surface area (TPSA) is 123 Å². The summed E-state index contributed by atoms with van der Waals surface area (Å²) in [5.74, 6) is 1.01. The third-order valence-corrected chi connectivity index (χ3v) is 5.79. The lowest BCUT2D eigenvalue weighted by molar-refractivity contribution is 0.0423. The van der Waals surface area contributed by atoms with E-state index in [4.69, 9.17) is 8.94 Å². The zero-order valence-corrected chi connectivity index (χ0v) is 16.6. The Kier molecular flexibility index (Phi) is 5.33. The van der Waals surface area contributed by atoms with Gasteiger partial charge in [0.05, 0.1) is 18.0 Å². The van der Waals surface area contributed by atoms with Crippen molar-refractivity contribution in [2.24, 2.45) is 0 Å². The molecule has 0 atom stereocenters. The maximum Gasteiger partial charge on any atom is 0.291 e. The van der Waals surface area contributed by atoms with Gasteiger partial charge in [-0.3, -0.25) is 4.79 Å². The molecule has 0 spiro atoms. The SMILES string of the molecule is Cc1ncoc1C(=O)N1CC(N(CCc2noc(C(C)C)n2)S(C)(=O)=O)C1. The second-order valence-electron chi connectivity index (χ2n) is 6.96. The summed E-state index contributed by atoms with van der Waals surface area (Å²) in [4.78, 5) is 22.1. The van der Waals surface area contributed by atoms with E-state index < -0.39 is 10.0 Å². The highest BCUT2D eigenvalue weighted by molar-refractivity contribution is 7.88. The molecule has 27 heavy (non-hydrogen) atoms. The molecule has 0 unspecified atom stereocenters. The van der Waals surface area contributed by atoms with Crippen LogP contribution in [-0.4, -0.2) is 70.6 Å². The third-order valence-electron chi connectivity index (χ3n) is 4.46. The zero-order chi connectivity index (χ0) is 19.8. The normalized spacial score (nSPS) is 15.6. The minimum Gasteiger partial charge on any atom is -0.438 e. The van der Waals surface area contributed by atoms with Gasteiger partial charge in [0.2, 0.25) is 21.7 Å². The fraction of sp³-hybridized carbons (Fsp3) is 0.625. The summed E-state index contributed by atoms with van der Waals surface area (Å²) >= 11 is 0. The smallest absolute Gasteiger partial charge is 0.291 e. The largest absolute Gasteiger partial charge is 0.438 e. The predicted molar refractivity (Wildman–Crippen MR) is 94.6 cm³/mol. The first-order valence-electron chi connectivity index (χ1n) is 8.65. The first kappa shape index (κ1) is 19.5. The van der Waals surface area contributed by atoms with Gasteiger partial charge in [-0.05, 0) is 6.92 Å². The average molecular weight is 397 g/mol. The molecule has 1 saturated heterocycles. The monoisotopic (exact) mass is 397 g/mol. The summed E-state index contributed by atoms with van der Waals surface area (Å²) in [6.45, 7) is 6.40. The molecule has 0 aromatic carbocycles. The van der Waals surface area contributed by atoms with Crippen LogP contribution in [0.3, 0.4) is 0 Å². The van der Waals surface area contributed by atoms with Crippen molar-refractivity contribution in [2.45, 2.75) is 39.2 Å². The van der Waals surface area contributed by atoms with Crippen molar-refractivity contribution in [1.29, 1.82) is 0 Å². The van der Waals surface area contributed by atoms with Gasteiger partial charge in [0.1, 0.15) is 0 Å². The molecule has 0 saturated carbocycles. The highest BCUT2D eigenvalue weighted by atomic mass is 32.2. The first-order valence-corrected chi connectivity index (χ1v) is 10.5. The van der Waals surface area contributed by atoms with Crippen LogP contribution in [0.15, 0.2) is 15.3 Å². The number of amides is 1. The lowest BCUT2D eigenvalue weighted by Crippen LogP contribution is -2.62. The van der Waals surface area contributed by atoms with Crippen molar-refractivity contribution in [3.63, 3.8) is 0 Å². The highest BCUT2D eigenvalue weighted by Crippen LogP contribution is 2.22. The molecule has 11 heteroatoms. The predicted octanol–water partition coefficient (Wildman–Crippen LogP) is 0.818. The number of oxazole rings is 1. The van der Waals surface area contributed by atoms with E-state index in [2.05, 4.69) is 15.1 Å². The van der Waals surface area contributed by atoms with Crippen LogP contribution in [0.25, 0.3) is 0 Å². The molecule has 1 aliphatic rings. The molecule has 1 amide bonds. The number of hydrogen-bond acceptors (Lipinski definition) is 8. The van der Waals surface area contributed by atoms with Gasteiger partial charge in [0.25, 0.3) is 5.91 Å². The van der Waals surface area contributed by atoms with Crippen LogP contribution in [-0.2, 0) is 16.4 Å². The van der Waals surface area contributed by atoms with Gasteiger partial charge in [0.15, 0.2) is 12.2 Å². The number of rotatable bonds is 7. The van der Waals surface area contributed by atoms with Crippen LogP contribution < -0.4 is 0 Å². The molecule has 0 N–H and O–H groups in total. The number of aromatic nitrogens is 3. The molecular formula is C16H23N5O5S. The minimum absolute atomic E-state index is 0.114. The summed E-state index contributed by atoms with van der Waals surface area (Å²) in [6, 6.07) is -0.288. The molecule has 2 aromatic rings. The summed E-state index contributed by atoms with van der Waals surface area (Å²) in [5, 5.41) is 3.89. The van der Waals surface area contributed by atoms with Crippen LogP contribution in [0, 0.1) is 6.92 Å². The van der Waals surface area contributed by atoms with Crippen molar-refractivity contribution in [2.75, 3.05) is 25.9 Å². The quantitative estimate of drug-likeness (QED) is 0.673. The van der Waals surface area contributed by atoms with Crippen LogP contribution in [0.2, 0.25) is 0 Å².